The molecule has 1 unspecified atom stereocenters. The summed E-state index contributed by atoms with van der Waals surface area (Å²) < 4.78 is 10.5. The summed E-state index contributed by atoms with van der Waals surface area (Å²) in [6.07, 6.45) is 1.25. The van der Waals surface area contributed by atoms with Crippen molar-refractivity contribution in [3.8, 4) is 0 Å². The molecule has 3 heteroatoms. The van der Waals surface area contributed by atoms with E-state index in [0.717, 1.165) is 12.8 Å². The fourth-order valence-corrected chi connectivity index (χ4v) is 1.32. The Morgan fingerprint density at radius 2 is 1.64 bits per heavy atom. The van der Waals surface area contributed by atoms with E-state index in [1.807, 2.05) is 20.8 Å². The van der Waals surface area contributed by atoms with Gasteiger partial charge in [0.25, 0.3) is 0 Å². The number of hydrogen-bond acceptors (Lipinski definition) is 3. The minimum atomic E-state index is -0.661. The van der Waals surface area contributed by atoms with Gasteiger partial charge in [0.1, 0.15) is 0 Å². The van der Waals surface area contributed by atoms with E-state index in [-0.39, 0.29) is 11.7 Å². The highest BCUT2D eigenvalue weighted by Crippen LogP contribution is 2.11. The molecular formula is C11H22O3. The summed E-state index contributed by atoms with van der Waals surface area (Å²) in [6.45, 7) is 8.75. The van der Waals surface area contributed by atoms with Crippen LogP contribution in [-0.4, -0.2) is 25.3 Å². The number of ether oxygens (including phenoxy) is 2. The van der Waals surface area contributed by atoms with Gasteiger partial charge in [0, 0.05) is 19.1 Å². The number of rotatable bonds is 8. The van der Waals surface area contributed by atoms with Crippen LogP contribution in [0.25, 0.3) is 0 Å². The van der Waals surface area contributed by atoms with Crippen molar-refractivity contribution < 1.29 is 14.3 Å². The third-order valence-corrected chi connectivity index (χ3v) is 2.08. The van der Waals surface area contributed by atoms with Crippen LogP contribution < -0.4 is 0 Å². The Kier molecular flexibility index (Phi) is 7.71. The first-order valence-electron chi connectivity index (χ1n) is 5.44. The molecule has 0 aromatic rings. The summed E-state index contributed by atoms with van der Waals surface area (Å²) in [5.74, 6) is 0.0960. The SMILES string of the molecule is CCCC(C)C(=O)C(OCC)OCC. The van der Waals surface area contributed by atoms with E-state index < -0.39 is 6.29 Å². The Morgan fingerprint density at radius 3 is 2.00 bits per heavy atom. The van der Waals surface area contributed by atoms with Crippen molar-refractivity contribution >= 4 is 5.78 Å². The maximum atomic E-state index is 11.8. The highest BCUT2D eigenvalue weighted by atomic mass is 16.7. The monoisotopic (exact) mass is 202 g/mol. The Bertz CT molecular complexity index is 151. The van der Waals surface area contributed by atoms with E-state index in [1.165, 1.54) is 0 Å². The zero-order valence-corrected chi connectivity index (χ0v) is 9.71. The summed E-state index contributed by atoms with van der Waals surface area (Å²) in [7, 11) is 0. The Labute approximate surface area is 86.8 Å². The van der Waals surface area contributed by atoms with Crippen LogP contribution in [0.5, 0.6) is 0 Å². The van der Waals surface area contributed by atoms with Crippen molar-refractivity contribution in [1.29, 1.82) is 0 Å². The first-order valence-corrected chi connectivity index (χ1v) is 5.44. The molecule has 0 saturated carbocycles. The quantitative estimate of drug-likeness (QED) is 0.567. The van der Waals surface area contributed by atoms with E-state index >= 15 is 0 Å². The van der Waals surface area contributed by atoms with Gasteiger partial charge in [-0.15, -0.1) is 0 Å². The van der Waals surface area contributed by atoms with Crippen LogP contribution in [0.15, 0.2) is 0 Å². The van der Waals surface area contributed by atoms with Crippen LogP contribution in [0, 0.1) is 5.92 Å². The number of Topliss-reactive ketones (excluding diaryl/α,β-unsaturated/α-hetero) is 1. The number of carbonyl (C=O) groups is 1. The fraction of sp³-hybridized carbons (Fsp3) is 0.909. The Morgan fingerprint density at radius 1 is 1.14 bits per heavy atom. The standard InChI is InChI=1S/C11H22O3/c1-5-8-9(4)10(12)11(13-6-2)14-7-3/h9,11H,5-8H2,1-4H3. The van der Waals surface area contributed by atoms with Crippen molar-refractivity contribution in [1.82, 2.24) is 0 Å². The molecule has 0 N–H and O–H groups in total. The molecule has 0 aromatic carbocycles. The van der Waals surface area contributed by atoms with Gasteiger partial charge in [-0.1, -0.05) is 20.3 Å². The second-order valence-electron chi connectivity index (χ2n) is 3.33. The number of hydrogen-bond donors (Lipinski definition) is 0. The van der Waals surface area contributed by atoms with Gasteiger partial charge in [0.05, 0.1) is 0 Å². The van der Waals surface area contributed by atoms with Crippen molar-refractivity contribution in [2.75, 3.05) is 13.2 Å². The molecule has 0 bridgehead atoms. The van der Waals surface area contributed by atoms with Crippen LogP contribution in [0.2, 0.25) is 0 Å². The maximum absolute atomic E-state index is 11.8. The summed E-state index contributed by atoms with van der Waals surface area (Å²) in [5.41, 5.74) is 0. The van der Waals surface area contributed by atoms with E-state index in [0.29, 0.717) is 13.2 Å². The van der Waals surface area contributed by atoms with Gasteiger partial charge >= 0.3 is 0 Å². The second-order valence-corrected chi connectivity index (χ2v) is 3.33. The molecule has 1 atom stereocenters. The summed E-state index contributed by atoms with van der Waals surface area (Å²) >= 11 is 0. The first kappa shape index (κ1) is 13.6. The average Bonchev–Trinajstić information content (AvgIpc) is 2.17. The second kappa shape index (κ2) is 7.94. The van der Waals surface area contributed by atoms with Crippen LogP contribution in [-0.2, 0) is 14.3 Å². The fourth-order valence-electron chi connectivity index (χ4n) is 1.32. The lowest BCUT2D eigenvalue weighted by Gasteiger charge is -2.19. The molecule has 0 aliphatic rings. The predicted molar refractivity (Wildman–Crippen MR) is 56.1 cm³/mol. The van der Waals surface area contributed by atoms with E-state index in [4.69, 9.17) is 9.47 Å². The molecular weight excluding hydrogens is 180 g/mol. The smallest absolute Gasteiger partial charge is 0.218 e. The van der Waals surface area contributed by atoms with E-state index in [1.54, 1.807) is 0 Å². The van der Waals surface area contributed by atoms with Crippen molar-refractivity contribution in [3.05, 3.63) is 0 Å². The van der Waals surface area contributed by atoms with Crippen molar-refractivity contribution in [2.24, 2.45) is 5.92 Å². The largest absolute Gasteiger partial charge is 0.346 e. The van der Waals surface area contributed by atoms with Crippen molar-refractivity contribution in [2.45, 2.75) is 46.8 Å². The molecule has 0 aromatic heterocycles. The minimum absolute atomic E-state index is 0.0306. The van der Waals surface area contributed by atoms with Crippen molar-refractivity contribution in [3.63, 3.8) is 0 Å². The molecule has 0 fully saturated rings. The van der Waals surface area contributed by atoms with Gasteiger partial charge in [-0.2, -0.15) is 0 Å². The van der Waals surface area contributed by atoms with Gasteiger partial charge in [0.2, 0.25) is 6.29 Å². The highest BCUT2D eigenvalue weighted by Gasteiger charge is 2.23. The summed E-state index contributed by atoms with van der Waals surface area (Å²) in [5, 5.41) is 0. The molecule has 0 spiro atoms. The zero-order chi connectivity index (χ0) is 11.0. The van der Waals surface area contributed by atoms with Gasteiger partial charge in [-0.3, -0.25) is 4.79 Å². The number of carbonyl (C=O) groups excluding carboxylic acids is 1. The predicted octanol–water partition coefficient (Wildman–Crippen LogP) is 2.39. The molecule has 14 heavy (non-hydrogen) atoms. The molecule has 0 aliphatic carbocycles. The third kappa shape index (κ3) is 4.72. The Hall–Kier alpha value is -0.410. The molecule has 0 amide bonds. The van der Waals surface area contributed by atoms with Gasteiger partial charge in [-0.05, 0) is 20.3 Å². The number of ketones is 1. The summed E-state index contributed by atoms with van der Waals surface area (Å²) in [4.78, 5) is 11.8. The van der Waals surface area contributed by atoms with Crippen LogP contribution in [0.3, 0.4) is 0 Å². The molecule has 0 saturated heterocycles. The lowest BCUT2D eigenvalue weighted by Crippen LogP contribution is -2.32. The zero-order valence-electron chi connectivity index (χ0n) is 9.71. The lowest BCUT2D eigenvalue weighted by molar-refractivity contribution is -0.171. The Balaban J connectivity index is 4.11. The maximum Gasteiger partial charge on any atom is 0.218 e. The van der Waals surface area contributed by atoms with Crippen LogP contribution in [0.4, 0.5) is 0 Å². The average molecular weight is 202 g/mol. The summed E-state index contributed by atoms with van der Waals surface area (Å²) in [6, 6.07) is 0. The molecule has 3 nitrogen and oxygen atoms in total. The molecule has 0 radical (unpaired) electrons. The van der Waals surface area contributed by atoms with Gasteiger partial charge in [0.15, 0.2) is 5.78 Å². The van der Waals surface area contributed by atoms with E-state index in [9.17, 15) is 4.79 Å². The molecule has 0 aliphatic heterocycles. The molecule has 0 rings (SSSR count). The molecule has 0 heterocycles. The highest BCUT2D eigenvalue weighted by molar-refractivity contribution is 5.83. The van der Waals surface area contributed by atoms with Gasteiger partial charge in [-0.25, -0.2) is 0 Å². The van der Waals surface area contributed by atoms with Crippen LogP contribution in [0.1, 0.15) is 40.5 Å². The minimum Gasteiger partial charge on any atom is -0.346 e. The lowest BCUT2D eigenvalue weighted by atomic mass is 10.0. The molecule has 84 valence electrons. The first-order chi connectivity index (χ1) is 6.67. The van der Waals surface area contributed by atoms with Gasteiger partial charge < -0.3 is 9.47 Å². The normalized spacial score (nSPS) is 13.2. The topological polar surface area (TPSA) is 35.5 Å². The van der Waals surface area contributed by atoms with E-state index in [2.05, 4.69) is 6.92 Å². The third-order valence-electron chi connectivity index (χ3n) is 2.08. The van der Waals surface area contributed by atoms with Crippen LogP contribution >= 0.6 is 0 Å².